The summed E-state index contributed by atoms with van der Waals surface area (Å²) in [5.41, 5.74) is -1.26. The molecule has 0 aliphatic carbocycles. The average molecular weight is 345 g/mol. The summed E-state index contributed by atoms with van der Waals surface area (Å²) in [5.74, 6) is 0. The number of nitro benzene ring substituents is 2. The second-order valence-electron chi connectivity index (χ2n) is 3.95. The summed E-state index contributed by atoms with van der Waals surface area (Å²) in [7, 11) is -4.37. The van der Waals surface area contributed by atoms with Crippen LogP contribution in [0.1, 0.15) is 0 Å². The minimum absolute atomic E-state index is 0. The van der Waals surface area contributed by atoms with Crippen molar-refractivity contribution in [3.8, 4) is 0 Å². The van der Waals surface area contributed by atoms with Gasteiger partial charge in [-0.3, -0.25) is 20.2 Å². The number of para-hydroxylation sites is 2. The molecule has 0 saturated carbocycles. The second-order valence-corrected chi connectivity index (χ2v) is 5.84. The van der Waals surface area contributed by atoms with Crippen molar-refractivity contribution >= 4 is 33.6 Å². The summed E-state index contributed by atoms with van der Waals surface area (Å²) in [4.78, 5) is 19.0. The molecule has 0 aromatic heterocycles. The highest BCUT2D eigenvalue weighted by molar-refractivity contribution is 7.91. The number of rotatable bonds is 4. The van der Waals surface area contributed by atoms with E-state index in [1.807, 2.05) is 0 Å². The van der Waals surface area contributed by atoms with Crippen molar-refractivity contribution < 1.29 is 18.3 Å². The van der Waals surface area contributed by atoms with Crippen LogP contribution < -0.4 is 0 Å². The maximum Gasteiger partial charge on any atom is 0.288 e. The van der Waals surface area contributed by atoms with Gasteiger partial charge in [-0.15, -0.1) is 12.4 Å². The molecule has 116 valence electrons. The molecule has 22 heavy (non-hydrogen) atoms. The Kier molecular flexibility index (Phi) is 5.18. The lowest BCUT2D eigenvalue weighted by Gasteiger charge is -2.05. The topological polar surface area (TPSA) is 120 Å². The van der Waals surface area contributed by atoms with Crippen molar-refractivity contribution in [2.45, 2.75) is 9.79 Å². The fourth-order valence-electron chi connectivity index (χ4n) is 1.79. The van der Waals surface area contributed by atoms with E-state index in [4.69, 9.17) is 0 Å². The van der Waals surface area contributed by atoms with Crippen LogP contribution in [-0.2, 0) is 9.84 Å². The van der Waals surface area contributed by atoms with E-state index in [1.54, 1.807) is 0 Å². The molecular formula is C12H9ClN2O6S. The third-order valence-electron chi connectivity index (χ3n) is 2.70. The molecule has 0 bridgehead atoms. The van der Waals surface area contributed by atoms with Crippen LogP contribution in [0.2, 0.25) is 0 Å². The quantitative estimate of drug-likeness (QED) is 0.621. The van der Waals surface area contributed by atoms with Gasteiger partial charge < -0.3 is 0 Å². The van der Waals surface area contributed by atoms with Crippen molar-refractivity contribution in [2.24, 2.45) is 0 Å². The SMILES string of the molecule is Cl.O=[N+]([O-])c1ccccc1S(=O)(=O)c1ccccc1[N+](=O)[O-]. The maximum atomic E-state index is 12.5. The van der Waals surface area contributed by atoms with Gasteiger partial charge in [0.1, 0.15) is 9.79 Å². The normalized spacial score (nSPS) is 10.5. The van der Waals surface area contributed by atoms with E-state index in [9.17, 15) is 28.6 Å². The van der Waals surface area contributed by atoms with E-state index in [0.29, 0.717) is 0 Å². The molecule has 0 atom stereocenters. The zero-order chi connectivity index (χ0) is 15.6. The Bertz CT molecular complexity index is 774. The van der Waals surface area contributed by atoms with E-state index >= 15 is 0 Å². The number of nitrogens with zero attached hydrogens (tertiary/aromatic N) is 2. The summed E-state index contributed by atoms with van der Waals surface area (Å²) < 4.78 is 25.0. The van der Waals surface area contributed by atoms with Gasteiger partial charge in [0.25, 0.3) is 11.4 Å². The minimum atomic E-state index is -4.37. The number of nitro groups is 2. The predicted molar refractivity (Wildman–Crippen MR) is 78.9 cm³/mol. The molecule has 0 aliphatic rings. The number of halogens is 1. The third kappa shape index (κ3) is 3.05. The van der Waals surface area contributed by atoms with Gasteiger partial charge in [-0.25, -0.2) is 8.42 Å². The summed E-state index contributed by atoms with van der Waals surface area (Å²) in [6.45, 7) is 0. The molecule has 8 nitrogen and oxygen atoms in total. The smallest absolute Gasteiger partial charge is 0.258 e. The van der Waals surface area contributed by atoms with Crippen molar-refractivity contribution in [3.05, 3.63) is 68.8 Å². The first-order chi connectivity index (χ1) is 9.85. The van der Waals surface area contributed by atoms with Crippen molar-refractivity contribution in [1.29, 1.82) is 0 Å². The first kappa shape index (κ1) is 17.5. The fourth-order valence-corrected chi connectivity index (χ4v) is 3.38. The van der Waals surface area contributed by atoms with Gasteiger partial charge >= 0.3 is 0 Å². The van der Waals surface area contributed by atoms with Crippen molar-refractivity contribution in [1.82, 2.24) is 0 Å². The van der Waals surface area contributed by atoms with Gasteiger partial charge in [-0.2, -0.15) is 0 Å². The Morgan fingerprint density at radius 3 is 1.36 bits per heavy atom. The highest BCUT2D eigenvalue weighted by Gasteiger charge is 2.32. The maximum absolute atomic E-state index is 12.5. The fraction of sp³-hybridized carbons (Fsp3) is 0. The summed E-state index contributed by atoms with van der Waals surface area (Å²) in [6, 6.07) is 9.41. The van der Waals surface area contributed by atoms with Gasteiger partial charge in [-0.1, -0.05) is 24.3 Å². The minimum Gasteiger partial charge on any atom is -0.258 e. The number of hydrogen-bond acceptors (Lipinski definition) is 6. The summed E-state index contributed by atoms with van der Waals surface area (Å²) >= 11 is 0. The molecule has 0 aliphatic heterocycles. The van der Waals surface area contributed by atoms with E-state index in [-0.39, 0.29) is 12.4 Å². The number of benzene rings is 2. The van der Waals surface area contributed by atoms with Gasteiger partial charge in [0, 0.05) is 12.1 Å². The largest absolute Gasteiger partial charge is 0.288 e. The molecule has 0 N–H and O–H groups in total. The average Bonchev–Trinajstić information content (AvgIpc) is 2.47. The number of hydrogen-bond donors (Lipinski definition) is 0. The number of sulfone groups is 1. The monoisotopic (exact) mass is 344 g/mol. The van der Waals surface area contributed by atoms with Crippen LogP contribution in [-0.4, -0.2) is 18.3 Å². The molecule has 10 heteroatoms. The van der Waals surface area contributed by atoms with Crippen LogP contribution in [0.5, 0.6) is 0 Å². The zero-order valence-electron chi connectivity index (χ0n) is 10.8. The van der Waals surface area contributed by atoms with Crippen molar-refractivity contribution in [3.63, 3.8) is 0 Å². The Morgan fingerprint density at radius 2 is 1.05 bits per heavy atom. The zero-order valence-corrected chi connectivity index (χ0v) is 12.4. The van der Waals surface area contributed by atoms with E-state index < -0.39 is 40.8 Å². The lowest BCUT2D eigenvalue weighted by Crippen LogP contribution is -2.08. The molecule has 2 rings (SSSR count). The van der Waals surface area contributed by atoms with Gasteiger partial charge in [0.05, 0.1) is 9.85 Å². The molecular weight excluding hydrogens is 336 g/mol. The first-order valence-electron chi connectivity index (χ1n) is 5.57. The summed E-state index contributed by atoms with van der Waals surface area (Å²) in [6.07, 6.45) is 0. The third-order valence-corrected chi connectivity index (χ3v) is 4.55. The Hall–Kier alpha value is -2.52. The van der Waals surface area contributed by atoms with Crippen molar-refractivity contribution in [2.75, 3.05) is 0 Å². The molecule has 0 radical (unpaired) electrons. The Morgan fingerprint density at radius 1 is 0.727 bits per heavy atom. The Labute approximate surface area is 131 Å². The van der Waals surface area contributed by atoms with Crippen LogP contribution in [0, 0.1) is 20.2 Å². The predicted octanol–water partition coefficient (Wildman–Crippen LogP) is 2.76. The van der Waals surface area contributed by atoms with Crippen LogP contribution >= 0.6 is 12.4 Å². The molecule has 0 amide bonds. The second kappa shape index (κ2) is 6.50. The Balaban J connectivity index is 0.00000242. The van der Waals surface area contributed by atoms with Gasteiger partial charge in [-0.05, 0) is 12.1 Å². The molecule has 2 aromatic rings. The van der Waals surface area contributed by atoms with Gasteiger partial charge in [0.15, 0.2) is 0 Å². The van der Waals surface area contributed by atoms with Crippen LogP contribution in [0.25, 0.3) is 0 Å². The molecule has 2 aromatic carbocycles. The lowest BCUT2D eigenvalue weighted by atomic mass is 10.3. The van der Waals surface area contributed by atoms with Crippen LogP contribution in [0.15, 0.2) is 58.3 Å². The highest BCUT2D eigenvalue weighted by atomic mass is 35.5. The molecule has 0 unspecified atom stereocenters. The standard InChI is InChI=1S/C12H8N2O6S.ClH/c15-13(16)9-5-1-3-7-11(9)21(19,20)12-8-4-2-6-10(12)14(17)18;/h1-8H;1H. The molecule has 0 fully saturated rings. The van der Waals surface area contributed by atoms with Crippen LogP contribution in [0.3, 0.4) is 0 Å². The highest BCUT2D eigenvalue weighted by Crippen LogP contribution is 2.33. The van der Waals surface area contributed by atoms with E-state index in [2.05, 4.69) is 0 Å². The van der Waals surface area contributed by atoms with Gasteiger partial charge in [0.2, 0.25) is 9.84 Å². The molecule has 0 saturated heterocycles. The summed E-state index contributed by atoms with van der Waals surface area (Å²) in [5, 5.41) is 21.9. The first-order valence-corrected chi connectivity index (χ1v) is 7.06. The van der Waals surface area contributed by atoms with E-state index in [1.165, 1.54) is 24.3 Å². The lowest BCUT2D eigenvalue weighted by molar-refractivity contribution is -0.388. The molecule has 0 spiro atoms. The molecule has 0 heterocycles. The van der Waals surface area contributed by atoms with Crippen LogP contribution in [0.4, 0.5) is 11.4 Å². The van der Waals surface area contributed by atoms with E-state index in [0.717, 1.165) is 24.3 Å².